The first-order valence-electron chi connectivity index (χ1n) is 6.93. The predicted molar refractivity (Wildman–Crippen MR) is 78.2 cm³/mol. The van der Waals surface area contributed by atoms with Gasteiger partial charge < -0.3 is 15.8 Å². The Bertz CT molecular complexity index is 467. The Morgan fingerprint density at radius 3 is 2.60 bits per heavy atom. The van der Waals surface area contributed by atoms with E-state index in [4.69, 9.17) is 10.5 Å². The summed E-state index contributed by atoms with van der Waals surface area (Å²) in [6.45, 7) is 0. The Morgan fingerprint density at radius 2 is 2.00 bits per heavy atom. The number of benzene rings is 1. The zero-order chi connectivity index (χ0) is 14.4. The van der Waals surface area contributed by atoms with Crippen molar-refractivity contribution in [3.8, 4) is 0 Å². The third-order valence-electron chi connectivity index (χ3n) is 3.51. The van der Waals surface area contributed by atoms with Crippen LogP contribution in [0.1, 0.15) is 37.3 Å². The fraction of sp³-hybridized carbons (Fsp3) is 0.467. The molecule has 1 aliphatic carbocycles. The molecule has 0 bridgehead atoms. The lowest BCUT2D eigenvalue weighted by molar-refractivity contribution is -0.142. The van der Waals surface area contributed by atoms with E-state index in [-0.39, 0.29) is 12.0 Å². The molecule has 5 heteroatoms. The number of rotatable bonds is 4. The molecule has 5 nitrogen and oxygen atoms in total. The highest BCUT2D eigenvalue weighted by atomic mass is 16.5. The van der Waals surface area contributed by atoms with Gasteiger partial charge in [0.2, 0.25) is 0 Å². The number of guanidine groups is 1. The number of methoxy groups -OCH3 is 1. The number of aliphatic imine (C=N–C) groups is 1. The number of carbonyl (C=O) groups is 1. The zero-order valence-electron chi connectivity index (χ0n) is 11.7. The maximum atomic E-state index is 11.9. The van der Waals surface area contributed by atoms with Gasteiger partial charge in [-0.05, 0) is 18.4 Å². The molecule has 0 amide bonds. The van der Waals surface area contributed by atoms with Crippen molar-refractivity contribution in [1.29, 1.82) is 0 Å². The molecule has 1 fully saturated rings. The molecule has 1 unspecified atom stereocenters. The van der Waals surface area contributed by atoms with E-state index in [1.807, 2.05) is 30.3 Å². The number of ether oxygens (including phenoxy) is 1. The van der Waals surface area contributed by atoms with Gasteiger partial charge >= 0.3 is 5.97 Å². The monoisotopic (exact) mass is 275 g/mol. The lowest BCUT2D eigenvalue weighted by Crippen LogP contribution is -2.40. The first-order chi connectivity index (χ1) is 9.70. The molecular weight excluding hydrogens is 254 g/mol. The first kappa shape index (κ1) is 14.4. The van der Waals surface area contributed by atoms with Crippen LogP contribution < -0.4 is 11.1 Å². The lowest BCUT2D eigenvalue weighted by atomic mass is 10.1. The number of nitrogens with one attached hydrogen (secondary N) is 1. The quantitative estimate of drug-likeness (QED) is 0.498. The summed E-state index contributed by atoms with van der Waals surface area (Å²) < 4.78 is 4.83. The van der Waals surface area contributed by atoms with Crippen LogP contribution in [0, 0.1) is 0 Å². The van der Waals surface area contributed by atoms with Crippen molar-refractivity contribution in [3.63, 3.8) is 0 Å². The van der Waals surface area contributed by atoms with Gasteiger partial charge in [-0.3, -0.25) is 4.99 Å². The van der Waals surface area contributed by atoms with Gasteiger partial charge in [0.15, 0.2) is 12.0 Å². The van der Waals surface area contributed by atoms with Crippen LogP contribution in [0.5, 0.6) is 0 Å². The molecule has 0 spiro atoms. The first-order valence-corrected chi connectivity index (χ1v) is 6.93. The normalized spacial score (nSPS) is 17.8. The molecule has 1 atom stereocenters. The maximum Gasteiger partial charge on any atom is 0.333 e. The molecule has 0 aromatic heterocycles. The Hall–Kier alpha value is -2.04. The van der Waals surface area contributed by atoms with Crippen LogP contribution in [0.3, 0.4) is 0 Å². The molecule has 0 aliphatic heterocycles. The van der Waals surface area contributed by atoms with Gasteiger partial charge in [0.1, 0.15) is 0 Å². The van der Waals surface area contributed by atoms with E-state index in [0.717, 1.165) is 18.4 Å². The molecule has 0 radical (unpaired) electrons. The molecule has 3 N–H and O–H groups in total. The van der Waals surface area contributed by atoms with Crippen LogP contribution in [-0.2, 0) is 9.53 Å². The topological polar surface area (TPSA) is 76.7 Å². The van der Waals surface area contributed by atoms with E-state index in [1.165, 1.54) is 20.0 Å². The number of esters is 1. The van der Waals surface area contributed by atoms with E-state index < -0.39 is 6.04 Å². The van der Waals surface area contributed by atoms with E-state index in [9.17, 15) is 4.79 Å². The summed E-state index contributed by atoms with van der Waals surface area (Å²) in [6, 6.07) is 9.01. The zero-order valence-corrected chi connectivity index (χ0v) is 11.7. The Morgan fingerprint density at radius 1 is 1.35 bits per heavy atom. The highest BCUT2D eigenvalue weighted by molar-refractivity contribution is 5.86. The second-order valence-corrected chi connectivity index (χ2v) is 4.96. The van der Waals surface area contributed by atoms with Crippen molar-refractivity contribution < 1.29 is 9.53 Å². The van der Waals surface area contributed by atoms with Crippen molar-refractivity contribution in [2.24, 2.45) is 10.7 Å². The summed E-state index contributed by atoms with van der Waals surface area (Å²) in [6.07, 6.45) is 4.52. The van der Waals surface area contributed by atoms with Crippen LogP contribution in [-0.4, -0.2) is 25.1 Å². The molecule has 108 valence electrons. The Labute approximate surface area is 119 Å². The minimum absolute atomic E-state index is 0.275. The third-order valence-corrected chi connectivity index (χ3v) is 3.51. The van der Waals surface area contributed by atoms with Crippen molar-refractivity contribution in [2.75, 3.05) is 7.11 Å². The van der Waals surface area contributed by atoms with E-state index in [1.54, 1.807) is 0 Å². The van der Waals surface area contributed by atoms with Crippen LogP contribution in [0.4, 0.5) is 0 Å². The summed E-state index contributed by atoms with van der Waals surface area (Å²) in [7, 11) is 1.37. The average molecular weight is 275 g/mol. The van der Waals surface area contributed by atoms with Gasteiger partial charge in [-0.15, -0.1) is 0 Å². The van der Waals surface area contributed by atoms with Gasteiger partial charge in [0, 0.05) is 0 Å². The van der Waals surface area contributed by atoms with Gasteiger partial charge in [-0.25, -0.2) is 4.79 Å². The molecule has 0 saturated heterocycles. The molecule has 1 aromatic rings. The average Bonchev–Trinajstić information content (AvgIpc) is 2.97. The largest absolute Gasteiger partial charge is 0.467 e. The molecule has 20 heavy (non-hydrogen) atoms. The van der Waals surface area contributed by atoms with Crippen LogP contribution >= 0.6 is 0 Å². The Balaban J connectivity index is 2.09. The van der Waals surface area contributed by atoms with Crippen molar-refractivity contribution in [3.05, 3.63) is 35.9 Å². The standard InChI is InChI=1S/C15H21N3O2/c1-20-14(19)13(11-7-3-2-4-8-11)18-15(16)17-12-9-5-6-10-12/h2-4,7-8,12-13H,5-6,9-10H2,1H3,(H3,16,17,18). The molecule has 1 saturated carbocycles. The van der Waals surface area contributed by atoms with Gasteiger partial charge in [-0.1, -0.05) is 43.2 Å². The minimum Gasteiger partial charge on any atom is -0.467 e. The van der Waals surface area contributed by atoms with E-state index in [2.05, 4.69) is 10.3 Å². The smallest absolute Gasteiger partial charge is 0.333 e. The summed E-state index contributed by atoms with van der Waals surface area (Å²) in [5, 5.41) is 2.96. The fourth-order valence-corrected chi connectivity index (χ4v) is 2.46. The number of nitrogens with two attached hydrogens (primary N) is 1. The lowest BCUT2D eigenvalue weighted by Gasteiger charge is -2.18. The summed E-state index contributed by atoms with van der Waals surface area (Å²) in [5.41, 5.74) is 6.72. The summed E-state index contributed by atoms with van der Waals surface area (Å²) >= 11 is 0. The van der Waals surface area contributed by atoms with Crippen LogP contribution in [0.15, 0.2) is 35.3 Å². The second kappa shape index (κ2) is 6.93. The highest BCUT2D eigenvalue weighted by Gasteiger charge is 2.22. The number of hydrogen-bond acceptors (Lipinski definition) is 3. The molecule has 1 aromatic carbocycles. The van der Waals surface area contributed by atoms with E-state index >= 15 is 0 Å². The summed E-state index contributed by atoms with van der Waals surface area (Å²) in [4.78, 5) is 16.3. The van der Waals surface area contributed by atoms with Crippen LogP contribution in [0.25, 0.3) is 0 Å². The van der Waals surface area contributed by atoms with Gasteiger partial charge in [-0.2, -0.15) is 0 Å². The van der Waals surface area contributed by atoms with Crippen molar-refractivity contribution >= 4 is 11.9 Å². The van der Waals surface area contributed by atoms with E-state index in [0.29, 0.717) is 5.96 Å². The number of nitrogens with zero attached hydrogens (tertiary/aromatic N) is 1. The van der Waals surface area contributed by atoms with Crippen molar-refractivity contribution in [2.45, 2.75) is 37.8 Å². The predicted octanol–water partition coefficient (Wildman–Crippen LogP) is 1.75. The molecule has 1 aliphatic rings. The second-order valence-electron chi connectivity index (χ2n) is 4.96. The fourth-order valence-electron chi connectivity index (χ4n) is 2.46. The number of hydrogen-bond donors (Lipinski definition) is 2. The SMILES string of the molecule is COC(=O)C(NC(N)=NC1CCCC1)c1ccccc1. The minimum atomic E-state index is -0.619. The van der Waals surface area contributed by atoms with Crippen LogP contribution in [0.2, 0.25) is 0 Å². The van der Waals surface area contributed by atoms with Crippen molar-refractivity contribution in [1.82, 2.24) is 5.32 Å². The molecule has 2 rings (SSSR count). The third kappa shape index (κ3) is 3.73. The van der Waals surface area contributed by atoms with Gasteiger partial charge in [0.25, 0.3) is 0 Å². The van der Waals surface area contributed by atoms with Gasteiger partial charge in [0.05, 0.1) is 13.2 Å². The molecule has 0 heterocycles. The number of carbonyl (C=O) groups excluding carboxylic acids is 1. The Kier molecular flexibility index (Phi) is 4.98. The molecular formula is C15H21N3O2. The summed E-state index contributed by atoms with van der Waals surface area (Å²) in [5.74, 6) is -0.0723. The maximum absolute atomic E-state index is 11.9. The highest BCUT2D eigenvalue weighted by Crippen LogP contribution is 2.21.